The molecular formula is C20H24N4O3S2. The number of amides is 2. The van der Waals surface area contributed by atoms with E-state index in [1.165, 1.54) is 0 Å². The van der Waals surface area contributed by atoms with Crippen LogP contribution >= 0.6 is 23.1 Å². The number of carbonyl (C=O) groups excluding carboxylic acids is 2. The average Bonchev–Trinajstić information content (AvgIpc) is 3.20. The van der Waals surface area contributed by atoms with Crippen molar-refractivity contribution in [3.63, 3.8) is 0 Å². The van der Waals surface area contributed by atoms with Gasteiger partial charge in [-0.3, -0.25) is 9.59 Å². The van der Waals surface area contributed by atoms with E-state index >= 15 is 0 Å². The summed E-state index contributed by atoms with van der Waals surface area (Å²) in [6.45, 7) is 7.74. The Labute approximate surface area is 177 Å². The van der Waals surface area contributed by atoms with Crippen LogP contribution in [0.2, 0.25) is 0 Å². The van der Waals surface area contributed by atoms with Crippen LogP contribution < -0.4 is 10.6 Å². The SMILES string of the molecule is Cc1noc(C)c1CSc1nc2ccc(NC(=O)CNC(=O)CC(C)C)cc2s1. The fourth-order valence-corrected chi connectivity index (χ4v) is 4.97. The standard InChI is InChI=1S/C20H24N4O3S2/c1-11(2)7-18(25)21-9-19(26)22-14-5-6-16-17(8-14)29-20(23-16)28-10-15-12(3)24-27-13(15)4/h5-6,8,11H,7,9-10H2,1-4H3,(H,21,25)(H,22,26). The van der Waals surface area contributed by atoms with E-state index in [-0.39, 0.29) is 24.3 Å². The second-order valence-corrected chi connectivity index (χ2v) is 9.43. The van der Waals surface area contributed by atoms with Crippen molar-refractivity contribution in [2.75, 3.05) is 11.9 Å². The van der Waals surface area contributed by atoms with Gasteiger partial charge in [-0.1, -0.05) is 30.8 Å². The smallest absolute Gasteiger partial charge is 0.243 e. The molecule has 0 aliphatic rings. The summed E-state index contributed by atoms with van der Waals surface area (Å²) in [7, 11) is 0. The summed E-state index contributed by atoms with van der Waals surface area (Å²) in [6.07, 6.45) is 0.411. The number of aryl methyl sites for hydroxylation is 2. The van der Waals surface area contributed by atoms with Crippen LogP contribution in [0, 0.1) is 19.8 Å². The molecule has 3 rings (SSSR count). The van der Waals surface area contributed by atoms with Crippen molar-refractivity contribution in [3.8, 4) is 0 Å². The molecule has 3 aromatic rings. The lowest BCUT2D eigenvalue weighted by Gasteiger charge is -2.08. The Kier molecular flexibility index (Phi) is 6.92. The molecule has 9 heteroatoms. The number of thiazole rings is 1. The number of benzene rings is 1. The maximum absolute atomic E-state index is 12.1. The van der Waals surface area contributed by atoms with E-state index in [0.717, 1.165) is 37.3 Å². The van der Waals surface area contributed by atoms with E-state index < -0.39 is 0 Å². The highest BCUT2D eigenvalue weighted by Gasteiger charge is 2.12. The first-order valence-corrected chi connectivity index (χ1v) is 11.1. The summed E-state index contributed by atoms with van der Waals surface area (Å²) in [6, 6.07) is 5.61. The third kappa shape index (κ3) is 5.80. The normalized spacial score (nSPS) is 11.2. The van der Waals surface area contributed by atoms with Gasteiger partial charge in [0.15, 0.2) is 4.34 Å². The summed E-state index contributed by atoms with van der Waals surface area (Å²) in [4.78, 5) is 28.4. The Balaban J connectivity index is 1.58. The molecule has 0 aliphatic carbocycles. The molecule has 0 fully saturated rings. The maximum atomic E-state index is 12.1. The van der Waals surface area contributed by atoms with Crippen LogP contribution in [0.4, 0.5) is 5.69 Å². The van der Waals surface area contributed by atoms with Gasteiger partial charge in [0, 0.05) is 23.4 Å². The fourth-order valence-electron chi connectivity index (χ4n) is 2.71. The first-order valence-electron chi connectivity index (χ1n) is 9.33. The molecule has 0 saturated carbocycles. The number of carbonyl (C=O) groups is 2. The molecule has 2 aromatic heterocycles. The van der Waals surface area contributed by atoms with Gasteiger partial charge in [0.1, 0.15) is 5.76 Å². The maximum Gasteiger partial charge on any atom is 0.243 e. The first-order chi connectivity index (χ1) is 13.8. The Morgan fingerprint density at radius 2 is 2.03 bits per heavy atom. The van der Waals surface area contributed by atoms with Gasteiger partial charge >= 0.3 is 0 Å². The summed E-state index contributed by atoms with van der Waals surface area (Å²) in [5, 5.41) is 9.44. The average molecular weight is 433 g/mol. The molecule has 0 radical (unpaired) electrons. The Morgan fingerprint density at radius 3 is 2.72 bits per heavy atom. The monoisotopic (exact) mass is 432 g/mol. The highest BCUT2D eigenvalue weighted by atomic mass is 32.2. The lowest BCUT2D eigenvalue weighted by Crippen LogP contribution is -2.33. The Hall–Kier alpha value is -2.39. The van der Waals surface area contributed by atoms with E-state index in [1.54, 1.807) is 23.1 Å². The van der Waals surface area contributed by atoms with Crippen molar-refractivity contribution < 1.29 is 14.1 Å². The zero-order valence-corrected chi connectivity index (χ0v) is 18.5. The van der Waals surface area contributed by atoms with Crippen LogP contribution in [0.1, 0.15) is 37.3 Å². The van der Waals surface area contributed by atoms with Crippen molar-refractivity contribution in [3.05, 3.63) is 35.2 Å². The second kappa shape index (κ2) is 9.41. The molecule has 0 bridgehead atoms. The Morgan fingerprint density at radius 1 is 1.24 bits per heavy atom. The molecule has 1 aromatic carbocycles. The topological polar surface area (TPSA) is 97.1 Å². The van der Waals surface area contributed by atoms with Crippen molar-refractivity contribution in [1.29, 1.82) is 0 Å². The van der Waals surface area contributed by atoms with Crippen molar-refractivity contribution in [2.24, 2.45) is 5.92 Å². The zero-order chi connectivity index (χ0) is 21.0. The molecule has 0 aliphatic heterocycles. The lowest BCUT2D eigenvalue weighted by atomic mass is 10.1. The molecule has 2 amide bonds. The van der Waals surface area contributed by atoms with Gasteiger partial charge in [0.25, 0.3) is 0 Å². The highest BCUT2D eigenvalue weighted by molar-refractivity contribution is 8.00. The van der Waals surface area contributed by atoms with Crippen LogP contribution in [0.5, 0.6) is 0 Å². The Bertz CT molecular complexity index is 1010. The molecule has 0 unspecified atom stereocenters. The summed E-state index contributed by atoms with van der Waals surface area (Å²) < 4.78 is 7.14. The quantitative estimate of drug-likeness (QED) is 0.515. The van der Waals surface area contributed by atoms with E-state index in [4.69, 9.17) is 4.52 Å². The highest BCUT2D eigenvalue weighted by Crippen LogP contribution is 2.33. The second-order valence-electron chi connectivity index (χ2n) is 7.18. The van der Waals surface area contributed by atoms with Crippen molar-refractivity contribution in [2.45, 2.75) is 44.2 Å². The number of aromatic nitrogens is 2. The molecular weight excluding hydrogens is 408 g/mol. The molecule has 154 valence electrons. The predicted molar refractivity (Wildman–Crippen MR) is 116 cm³/mol. The molecule has 0 spiro atoms. The molecule has 7 nitrogen and oxygen atoms in total. The molecule has 0 saturated heterocycles. The summed E-state index contributed by atoms with van der Waals surface area (Å²) >= 11 is 3.22. The minimum absolute atomic E-state index is 0.0369. The number of nitrogens with zero attached hydrogens (tertiary/aromatic N) is 2. The summed E-state index contributed by atoms with van der Waals surface area (Å²) in [5.74, 6) is 1.48. The number of hydrogen-bond donors (Lipinski definition) is 2. The van der Waals surface area contributed by atoms with Crippen LogP contribution in [-0.4, -0.2) is 28.5 Å². The van der Waals surface area contributed by atoms with Gasteiger partial charge in [-0.2, -0.15) is 0 Å². The van der Waals surface area contributed by atoms with Gasteiger partial charge in [0.05, 0.1) is 22.5 Å². The van der Waals surface area contributed by atoms with E-state index in [1.807, 2.05) is 45.9 Å². The molecule has 2 heterocycles. The minimum atomic E-state index is -0.251. The van der Waals surface area contributed by atoms with E-state index in [0.29, 0.717) is 12.1 Å². The largest absolute Gasteiger partial charge is 0.361 e. The molecule has 2 N–H and O–H groups in total. The number of thioether (sulfide) groups is 1. The van der Waals surface area contributed by atoms with Gasteiger partial charge in [0.2, 0.25) is 11.8 Å². The van der Waals surface area contributed by atoms with E-state index in [2.05, 4.69) is 20.8 Å². The predicted octanol–water partition coefficient (Wildman–Crippen LogP) is 4.29. The van der Waals surface area contributed by atoms with Crippen LogP contribution in [0.3, 0.4) is 0 Å². The zero-order valence-electron chi connectivity index (χ0n) is 16.9. The van der Waals surface area contributed by atoms with Gasteiger partial charge in [-0.25, -0.2) is 4.98 Å². The number of anilines is 1. The van der Waals surface area contributed by atoms with Crippen LogP contribution in [0.25, 0.3) is 10.2 Å². The number of nitrogens with one attached hydrogen (secondary N) is 2. The van der Waals surface area contributed by atoms with Gasteiger partial charge in [-0.05, 0) is 38.0 Å². The van der Waals surface area contributed by atoms with Gasteiger partial charge in [-0.15, -0.1) is 11.3 Å². The third-order valence-corrected chi connectivity index (χ3v) is 6.40. The summed E-state index contributed by atoms with van der Waals surface area (Å²) in [5.41, 5.74) is 3.58. The number of fused-ring (bicyclic) bond motifs is 1. The van der Waals surface area contributed by atoms with Crippen LogP contribution in [0.15, 0.2) is 27.1 Å². The third-order valence-electron chi connectivity index (χ3n) is 4.21. The van der Waals surface area contributed by atoms with Gasteiger partial charge < -0.3 is 15.2 Å². The van der Waals surface area contributed by atoms with Crippen molar-refractivity contribution in [1.82, 2.24) is 15.5 Å². The van der Waals surface area contributed by atoms with Crippen LogP contribution in [-0.2, 0) is 15.3 Å². The molecule has 0 atom stereocenters. The first kappa shape index (κ1) is 21.3. The van der Waals surface area contributed by atoms with Crippen molar-refractivity contribution >= 4 is 50.8 Å². The van der Waals surface area contributed by atoms with E-state index in [9.17, 15) is 9.59 Å². The minimum Gasteiger partial charge on any atom is -0.361 e. The fraction of sp³-hybridized carbons (Fsp3) is 0.400. The number of hydrogen-bond acceptors (Lipinski definition) is 7. The number of rotatable bonds is 8. The lowest BCUT2D eigenvalue weighted by molar-refractivity contribution is -0.124. The molecule has 29 heavy (non-hydrogen) atoms.